The summed E-state index contributed by atoms with van der Waals surface area (Å²) in [5, 5.41) is 0. The lowest BCUT2D eigenvalue weighted by molar-refractivity contribution is 1.51. The minimum absolute atomic E-state index is 1.03. The van der Waals surface area contributed by atoms with Crippen molar-refractivity contribution >= 4 is 63.7 Å². The fourth-order valence-corrected chi connectivity index (χ4v) is 3.20. The van der Waals surface area contributed by atoms with Gasteiger partial charge in [0.15, 0.2) is 0 Å². The molecule has 16 heavy (non-hydrogen) atoms. The highest BCUT2D eigenvalue weighted by Gasteiger charge is 2.06. The number of benzene rings is 2. The van der Waals surface area contributed by atoms with E-state index >= 15 is 0 Å². The van der Waals surface area contributed by atoms with E-state index in [1.165, 1.54) is 11.1 Å². The van der Waals surface area contributed by atoms with Gasteiger partial charge in [-0.05, 0) is 83.2 Å². The maximum Gasteiger partial charge on any atom is 0.0459 e. The van der Waals surface area contributed by atoms with Crippen molar-refractivity contribution in [1.82, 2.24) is 0 Å². The van der Waals surface area contributed by atoms with E-state index in [4.69, 9.17) is 0 Å². The Balaban J connectivity index is 2.57. The molecule has 0 radical (unpaired) electrons. The van der Waals surface area contributed by atoms with E-state index in [0.29, 0.717) is 0 Å². The van der Waals surface area contributed by atoms with Gasteiger partial charge < -0.3 is 0 Å². The molecule has 0 heterocycles. The third-order valence-electron chi connectivity index (χ3n) is 2.14. The Kier molecular flexibility index (Phi) is 4.27. The van der Waals surface area contributed by atoms with Crippen molar-refractivity contribution in [3.63, 3.8) is 0 Å². The van der Waals surface area contributed by atoms with Crippen molar-refractivity contribution in [2.24, 2.45) is 0 Å². The van der Waals surface area contributed by atoms with E-state index in [0.717, 1.165) is 17.9 Å². The molecule has 82 valence electrons. The maximum atomic E-state index is 3.52. The van der Waals surface area contributed by atoms with E-state index in [9.17, 15) is 0 Å². The lowest BCUT2D eigenvalue weighted by Gasteiger charge is -2.06. The zero-order valence-corrected chi connectivity index (χ0v) is 14.3. The van der Waals surface area contributed by atoms with Gasteiger partial charge in [0.05, 0.1) is 0 Å². The largest absolute Gasteiger partial charge is 0.0605 e. The Morgan fingerprint density at radius 2 is 1.31 bits per heavy atom. The predicted octanol–water partition coefficient (Wildman–Crippen LogP) is 6.40. The highest BCUT2D eigenvalue weighted by Crippen LogP contribution is 2.36. The molecule has 0 aliphatic rings. The van der Waals surface area contributed by atoms with Crippen LogP contribution in [0.2, 0.25) is 0 Å². The van der Waals surface area contributed by atoms with Gasteiger partial charge in [-0.1, -0.05) is 28.1 Å². The van der Waals surface area contributed by atoms with Crippen LogP contribution in [0.1, 0.15) is 0 Å². The Bertz CT molecular complexity index is 511. The van der Waals surface area contributed by atoms with Crippen LogP contribution in [0.15, 0.2) is 54.3 Å². The van der Waals surface area contributed by atoms with Gasteiger partial charge in [0.25, 0.3) is 0 Å². The molecule has 2 aromatic carbocycles. The van der Waals surface area contributed by atoms with Crippen molar-refractivity contribution in [3.8, 4) is 11.1 Å². The van der Waals surface area contributed by atoms with Crippen molar-refractivity contribution < 1.29 is 0 Å². The van der Waals surface area contributed by atoms with Gasteiger partial charge in [0.1, 0.15) is 0 Å². The summed E-state index contributed by atoms with van der Waals surface area (Å²) in [6, 6.07) is 12.4. The molecule has 0 atom stereocenters. The summed E-state index contributed by atoms with van der Waals surface area (Å²) in [5.41, 5.74) is 2.35. The molecule has 0 bridgehead atoms. The van der Waals surface area contributed by atoms with Gasteiger partial charge in [-0.3, -0.25) is 0 Å². The molecule has 2 aromatic rings. The first kappa shape index (κ1) is 12.8. The van der Waals surface area contributed by atoms with Crippen LogP contribution in [0.4, 0.5) is 0 Å². The third kappa shape index (κ3) is 2.78. The summed E-state index contributed by atoms with van der Waals surface area (Å²) >= 11 is 14.0. The number of hydrogen-bond donors (Lipinski definition) is 0. The number of rotatable bonds is 1. The van der Waals surface area contributed by atoms with E-state index in [2.05, 4.69) is 88.0 Å². The van der Waals surface area contributed by atoms with Gasteiger partial charge in [-0.25, -0.2) is 0 Å². The molecule has 0 spiro atoms. The number of halogens is 4. The lowest BCUT2D eigenvalue weighted by Crippen LogP contribution is -1.81. The van der Waals surface area contributed by atoms with Crippen LogP contribution in [-0.2, 0) is 0 Å². The Morgan fingerprint density at radius 1 is 0.688 bits per heavy atom. The summed E-state index contributed by atoms with van der Waals surface area (Å²) in [4.78, 5) is 0. The van der Waals surface area contributed by atoms with E-state index in [1.54, 1.807) is 0 Å². The van der Waals surface area contributed by atoms with Crippen LogP contribution in [0.3, 0.4) is 0 Å². The summed E-state index contributed by atoms with van der Waals surface area (Å²) in [6.07, 6.45) is 0. The Morgan fingerprint density at radius 3 is 1.88 bits per heavy atom. The first-order valence-electron chi connectivity index (χ1n) is 4.48. The number of hydrogen-bond acceptors (Lipinski definition) is 0. The Labute approximate surface area is 128 Å². The molecular formula is C12H6Br4. The van der Waals surface area contributed by atoms with Crippen LogP contribution >= 0.6 is 63.7 Å². The zero-order valence-electron chi connectivity index (χ0n) is 7.98. The molecular weight excluding hydrogens is 464 g/mol. The SMILES string of the molecule is Brc1cccc(-c2cc(Br)c(Br)c(Br)c2)c1. The highest BCUT2D eigenvalue weighted by molar-refractivity contribution is 9.14. The zero-order chi connectivity index (χ0) is 11.7. The molecule has 0 unspecified atom stereocenters. The lowest BCUT2D eigenvalue weighted by atomic mass is 10.1. The molecule has 0 fully saturated rings. The molecule has 4 heteroatoms. The second-order valence-corrected chi connectivity index (χ2v) is 6.68. The normalized spacial score (nSPS) is 10.5. The summed E-state index contributed by atoms with van der Waals surface area (Å²) in [6.45, 7) is 0. The van der Waals surface area contributed by atoms with Gasteiger partial charge in [0.2, 0.25) is 0 Å². The quantitative estimate of drug-likeness (QED) is 0.424. The van der Waals surface area contributed by atoms with Crippen LogP contribution in [0, 0.1) is 0 Å². The van der Waals surface area contributed by atoms with Gasteiger partial charge in [-0.2, -0.15) is 0 Å². The molecule has 0 amide bonds. The third-order valence-corrected chi connectivity index (χ3v) is 5.80. The van der Waals surface area contributed by atoms with Gasteiger partial charge in [-0.15, -0.1) is 0 Å². The molecule has 0 saturated heterocycles. The van der Waals surface area contributed by atoms with Crippen molar-refractivity contribution in [1.29, 1.82) is 0 Å². The first-order valence-corrected chi connectivity index (χ1v) is 7.65. The van der Waals surface area contributed by atoms with Crippen LogP contribution in [-0.4, -0.2) is 0 Å². The highest BCUT2D eigenvalue weighted by atomic mass is 79.9. The average Bonchev–Trinajstić information content (AvgIpc) is 2.25. The second-order valence-electron chi connectivity index (χ2n) is 3.26. The fraction of sp³-hybridized carbons (Fsp3) is 0. The molecule has 0 nitrogen and oxygen atoms in total. The summed E-state index contributed by atoms with van der Waals surface area (Å²) in [7, 11) is 0. The van der Waals surface area contributed by atoms with E-state index in [-0.39, 0.29) is 0 Å². The molecule has 0 N–H and O–H groups in total. The molecule has 2 rings (SSSR count). The molecule has 0 aliphatic heterocycles. The molecule has 0 aromatic heterocycles. The summed E-state index contributed by atoms with van der Waals surface area (Å²) in [5.74, 6) is 0. The van der Waals surface area contributed by atoms with Crippen molar-refractivity contribution in [2.45, 2.75) is 0 Å². The van der Waals surface area contributed by atoms with Crippen LogP contribution in [0.5, 0.6) is 0 Å². The molecule has 0 saturated carbocycles. The van der Waals surface area contributed by atoms with E-state index < -0.39 is 0 Å². The monoisotopic (exact) mass is 466 g/mol. The first-order chi connectivity index (χ1) is 7.58. The van der Waals surface area contributed by atoms with Crippen LogP contribution < -0.4 is 0 Å². The van der Waals surface area contributed by atoms with Gasteiger partial charge in [0, 0.05) is 17.9 Å². The predicted molar refractivity (Wildman–Crippen MR) is 82.7 cm³/mol. The minimum atomic E-state index is 1.03. The molecule has 0 aliphatic carbocycles. The van der Waals surface area contributed by atoms with E-state index in [1.807, 2.05) is 12.1 Å². The maximum absolute atomic E-state index is 3.52. The van der Waals surface area contributed by atoms with Crippen molar-refractivity contribution in [3.05, 3.63) is 54.3 Å². The summed E-state index contributed by atoms with van der Waals surface area (Å²) < 4.78 is 4.19. The Hall–Kier alpha value is 0.360. The van der Waals surface area contributed by atoms with Crippen molar-refractivity contribution in [2.75, 3.05) is 0 Å². The second kappa shape index (κ2) is 5.34. The van der Waals surface area contributed by atoms with Gasteiger partial charge >= 0.3 is 0 Å². The topological polar surface area (TPSA) is 0 Å². The van der Waals surface area contributed by atoms with Crippen LogP contribution in [0.25, 0.3) is 11.1 Å². The standard InChI is InChI=1S/C12H6Br4/c13-9-3-1-2-7(4-9)8-5-10(14)12(16)11(15)6-8/h1-6H. The fourth-order valence-electron chi connectivity index (χ4n) is 1.39. The average molecular weight is 470 g/mol. The smallest absolute Gasteiger partial charge is 0.0459 e. The minimum Gasteiger partial charge on any atom is -0.0605 e.